The molecule has 0 aromatic heterocycles. The molecule has 1 rings (SSSR count). The Kier molecular flexibility index (Phi) is 5.74. The predicted molar refractivity (Wildman–Crippen MR) is 60.3 cm³/mol. The molecule has 0 aliphatic carbocycles. The molecule has 0 bridgehead atoms. The Hall–Kier alpha value is -1.64. The third-order valence-corrected chi connectivity index (χ3v) is 2.11. The molecule has 106 valence electrons. The molecule has 0 heterocycles. The van der Waals surface area contributed by atoms with Gasteiger partial charge >= 0.3 is 12.3 Å². The molecule has 0 saturated carbocycles. The van der Waals surface area contributed by atoms with Crippen LogP contribution in [0.15, 0.2) is 24.3 Å². The van der Waals surface area contributed by atoms with E-state index in [1.165, 1.54) is 12.1 Å². The van der Waals surface area contributed by atoms with Gasteiger partial charge in [-0.1, -0.05) is 12.1 Å². The number of rotatable bonds is 7. The molecule has 19 heavy (non-hydrogen) atoms. The van der Waals surface area contributed by atoms with Gasteiger partial charge in [0.1, 0.15) is 0 Å². The van der Waals surface area contributed by atoms with Gasteiger partial charge in [0.15, 0.2) is 0 Å². The molecule has 0 radical (unpaired) electrons. The summed E-state index contributed by atoms with van der Waals surface area (Å²) >= 11 is 0. The van der Waals surface area contributed by atoms with E-state index < -0.39 is 18.9 Å². The highest BCUT2D eigenvalue weighted by Gasteiger charge is 2.28. The van der Waals surface area contributed by atoms with Gasteiger partial charge in [-0.05, 0) is 17.7 Å². The fourth-order valence-corrected chi connectivity index (χ4v) is 1.24. The number of ether oxygens (including phenoxy) is 1. The average molecular weight is 278 g/mol. The number of carbonyl (C=O) groups is 1. The quantitative estimate of drug-likeness (QED) is 0.521. The van der Waals surface area contributed by atoms with Crippen LogP contribution in [0.25, 0.3) is 0 Å². The van der Waals surface area contributed by atoms with Crippen LogP contribution in [0.4, 0.5) is 13.2 Å². The fourth-order valence-electron chi connectivity index (χ4n) is 1.24. The first-order valence-corrected chi connectivity index (χ1v) is 5.37. The summed E-state index contributed by atoms with van der Waals surface area (Å²) < 4.78 is 38.4. The van der Waals surface area contributed by atoms with Crippen LogP contribution in [0, 0.1) is 0 Å². The number of hydrogen-bond donors (Lipinski definition) is 3. The smallest absolute Gasteiger partial charge is 0.478 e. The monoisotopic (exact) mass is 278 g/mol. The molecule has 0 atom stereocenters. The fraction of sp³-hybridized carbons (Fsp3) is 0.364. The molecule has 1 aromatic carbocycles. The standard InChI is InChI=1S/C11H13F3N2O3/c12-11(13,14)19-6-5-15-16-7-8-1-3-9(4-2-8)10(17)18/h1-4,15-16H,5-7H2,(H,17,18). The topological polar surface area (TPSA) is 70.6 Å². The molecule has 0 spiro atoms. The minimum absolute atomic E-state index is 0.00722. The van der Waals surface area contributed by atoms with Crippen molar-refractivity contribution in [3.63, 3.8) is 0 Å². The zero-order chi connectivity index (χ0) is 14.3. The second-order valence-electron chi connectivity index (χ2n) is 3.58. The van der Waals surface area contributed by atoms with Crippen molar-refractivity contribution in [3.8, 4) is 0 Å². The predicted octanol–water partition coefficient (Wildman–Crippen LogP) is 1.52. The number of alkyl halides is 3. The Morgan fingerprint density at radius 2 is 1.84 bits per heavy atom. The van der Waals surface area contributed by atoms with E-state index in [9.17, 15) is 18.0 Å². The van der Waals surface area contributed by atoms with Crippen LogP contribution in [0.5, 0.6) is 0 Å². The van der Waals surface area contributed by atoms with Gasteiger partial charge in [-0.15, -0.1) is 13.2 Å². The molecule has 0 saturated heterocycles. The third kappa shape index (κ3) is 6.75. The van der Waals surface area contributed by atoms with Gasteiger partial charge in [-0.2, -0.15) is 0 Å². The minimum atomic E-state index is -4.62. The van der Waals surface area contributed by atoms with Gasteiger partial charge in [0.2, 0.25) is 0 Å². The average Bonchev–Trinajstić information content (AvgIpc) is 2.33. The van der Waals surface area contributed by atoms with Crippen molar-refractivity contribution in [2.45, 2.75) is 12.9 Å². The molecule has 0 aliphatic heterocycles. The molecule has 0 fully saturated rings. The Labute approximate surface area is 107 Å². The second-order valence-corrected chi connectivity index (χ2v) is 3.58. The zero-order valence-electron chi connectivity index (χ0n) is 9.83. The highest BCUT2D eigenvalue weighted by molar-refractivity contribution is 5.87. The lowest BCUT2D eigenvalue weighted by Crippen LogP contribution is -2.35. The molecule has 0 aliphatic rings. The minimum Gasteiger partial charge on any atom is -0.478 e. The van der Waals surface area contributed by atoms with E-state index in [0.29, 0.717) is 6.54 Å². The molecule has 0 amide bonds. The zero-order valence-corrected chi connectivity index (χ0v) is 9.83. The number of carboxylic acid groups (broad SMARTS) is 1. The number of hydrogen-bond acceptors (Lipinski definition) is 4. The Bertz CT molecular complexity index is 407. The first-order chi connectivity index (χ1) is 8.88. The van der Waals surface area contributed by atoms with Crippen LogP contribution in [0.2, 0.25) is 0 Å². The maximum Gasteiger partial charge on any atom is 0.522 e. The van der Waals surface area contributed by atoms with Crippen molar-refractivity contribution in [2.75, 3.05) is 13.2 Å². The largest absolute Gasteiger partial charge is 0.522 e. The lowest BCUT2D eigenvalue weighted by Gasteiger charge is -2.09. The van der Waals surface area contributed by atoms with Crippen molar-refractivity contribution >= 4 is 5.97 Å². The number of halogens is 3. The van der Waals surface area contributed by atoms with Gasteiger partial charge < -0.3 is 5.11 Å². The molecule has 1 aromatic rings. The van der Waals surface area contributed by atoms with Gasteiger partial charge in [-0.3, -0.25) is 15.6 Å². The van der Waals surface area contributed by atoms with E-state index in [1.54, 1.807) is 12.1 Å². The van der Waals surface area contributed by atoms with Crippen LogP contribution in [0.3, 0.4) is 0 Å². The first kappa shape index (κ1) is 15.4. The van der Waals surface area contributed by atoms with Crippen molar-refractivity contribution in [2.24, 2.45) is 0 Å². The SMILES string of the molecule is O=C(O)c1ccc(CNNCCOC(F)(F)F)cc1. The summed E-state index contributed by atoms with van der Waals surface area (Å²) in [6.45, 7) is -0.146. The number of hydrazine groups is 1. The lowest BCUT2D eigenvalue weighted by molar-refractivity contribution is -0.323. The van der Waals surface area contributed by atoms with Crippen LogP contribution in [0.1, 0.15) is 15.9 Å². The molecular weight excluding hydrogens is 265 g/mol. The van der Waals surface area contributed by atoms with Gasteiger partial charge in [0.25, 0.3) is 0 Å². The molecular formula is C11H13F3N2O3. The van der Waals surface area contributed by atoms with Gasteiger partial charge in [0.05, 0.1) is 12.2 Å². The Morgan fingerprint density at radius 1 is 1.21 bits per heavy atom. The van der Waals surface area contributed by atoms with Crippen molar-refractivity contribution < 1.29 is 27.8 Å². The van der Waals surface area contributed by atoms with Gasteiger partial charge in [-0.25, -0.2) is 4.79 Å². The van der Waals surface area contributed by atoms with E-state index in [1.807, 2.05) is 0 Å². The number of carboxylic acids is 1. The van der Waals surface area contributed by atoms with Crippen molar-refractivity contribution in [1.82, 2.24) is 10.9 Å². The maximum absolute atomic E-state index is 11.6. The number of nitrogens with one attached hydrogen (secondary N) is 2. The van der Waals surface area contributed by atoms with Crippen molar-refractivity contribution in [1.29, 1.82) is 0 Å². The molecule has 5 nitrogen and oxygen atoms in total. The summed E-state index contributed by atoms with van der Waals surface area (Å²) in [5.74, 6) is -1.01. The Balaban J connectivity index is 2.17. The summed E-state index contributed by atoms with van der Waals surface area (Å²) in [6, 6.07) is 6.13. The second kappa shape index (κ2) is 7.07. The highest BCUT2D eigenvalue weighted by atomic mass is 19.4. The summed E-state index contributed by atoms with van der Waals surface area (Å²) in [7, 11) is 0. The van der Waals surface area contributed by atoms with E-state index in [2.05, 4.69) is 15.6 Å². The van der Waals surface area contributed by atoms with Crippen LogP contribution in [-0.4, -0.2) is 30.6 Å². The van der Waals surface area contributed by atoms with E-state index in [4.69, 9.17) is 5.11 Å². The number of aromatic carboxylic acids is 1. The van der Waals surface area contributed by atoms with E-state index >= 15 is 0 Å². The third-order valence-electron chi connectivity index (χ3n) is 2.11. The summed E-state index contributed by atoms with van der Waals surface area (Å²) in [6.07, 6.45) is -4.62. The van der Waals surface area contributed by atoms with E-state index in [0.717, 1.165) is 5.56 Å². The van der Waals surface area contributed by atoms with Crippen LogP contribution in [-0.2, 0) is 11.3 Å². The Morgan fingerprint density at radius 3 is 2.37 bits per heavy atom. The summed E-state index contributed by atoms with van der Waals surface area (Å²) in [5, 5.41) is 8.68. The summed E-state index contributed by atoms with van der Waals surface area (Å²) in [4.78, 5) is 10.6. The summed E-state index contributed by atoms with van der Waals surface area (Å²) in [5.41, 5.74) is 6.22. The molecule has 3 N–H and O–H groups in total. The van der Waals surface area contributed by atoms with E-state index in [-0.39, 0.29) is 12.1 Å². The van der Waals surface area contributed by atoms with Crippen molar-refractivity contribution in [3.05, 3.63) is 35.4 Å². The van der Waals surface area contributed by atoms with Crippen LogP contribution < -0.4 is 10.9 Å². The first-order valence-electron chi connectivity index (χ1n) is 5.37. The normalized spacial score (nSPS) is 11.5. The van der Waals surface area contributed by atoms with Crippen LogP contribution >= 0.6 is 0 Å². The lowest BCUT2D eigenvalue weighted by atomic mass is 10.1. The highest BCUT2D eigenvalue weighted by Crippen LogP contribution is 2.14. The molecule has 8 heteroatoms. The maximum atomic E-state index is 11.6. The molecule has 0 unspecified atom stereocenters. The number of benzene rings is 1. The van der Waals surface area contributed by atoms with Gasteiger partial charge in [0, 0.05) is 13.1 Å².